The Morgan fingerprint density at radius 2 is 2.24 bits per heavy atom. The molecular weight excluding hydrogens is 234 g/mol. The topological polar surface area (TPSA) is 43.8 Å². The Morgan fingerprint density at radius 3 is 2.82 bits per heavy atom. The van der Waals surface area contributed by atoms with E-state index in [4.69, 9.17) is 17.3 Å². The first kappa shape index (κ1) is 12.1. The van der Waals surface area contributed by atoms with Crippen LogP contribution in [0.2, 0.25) is 5.02 Å². The third-order valence-corrected chi connectivity index (χ3v) is 3.11. The van der Waals surface area contributed by atoms with Crippen molar-refractivity contribution >= 4 is 11.6 Å². The van der Waals surface area contributed by atoms with E-state index in [1.807, 2.05) is 41.2 Å². The summed E-state index contributed by atoms with van der Waals surface area (Å²) >= 11 is 6.03. The van der Waals surface area contributed by atoms with E-state index >= 15 is 0 Å². The zero-order valence-corrected chi connectivity index (χ0v) is 10.5. The van der Waals surface area contributed by atoms with Crippen LogP contribution in [-0.4, -0.2) is 15.8 Å². The second kappa shape index (κ2) is 5.34. The van der Waals surface area contributed by atoms with Gasteiger partial charge in [-0.25, -0.2) is 0 Å². The fourth-order valence-corrected chi connectivity index (χ4v) is 2.15. The molecule has 0 aliphatic rings. The van der Waals surface area contributed by atoms with Crippen LogP contribution in [0.5, 0.6) is 0 Å². The monoisotopic (exact) mass is 249 g/mol. The molecule has 0 spiro atoms. The van der Waals surface area contributed by atoms with Gasteiger partial charge in [0, 0.05) is 23.5 Å². The van der Waals surface area contributed by atoms with Gasteiger partial charge in [0.1, 0.15) is 0 Å². The van der Waals surface area contributed by atoms with Crippen molar-refractivity contribution in [3.05, 3.63) is 53.3 Å². The van der Waals surface area contributed by atoms with Crippen molar-refractivity contribution in [1.82, 2.24) is 9.78 Å². The third kappa shape index (κ3) is 2.68. The van der Waals surface area contributed by atoms with Gasteiger partial charge in [-0.1, -0.05) is 30.7 Å². The van der Waals surface area contributed by atoms with E-state index in [1.54, 1.807) is 6.20 Å². The second-order valence-corrected chi connectivity index (χ2v) is 4.49. The molecule has 0 amide bonds. The van der Waals surface area contributed by atoms with E-state index in [9.17, 15) is 0 Å². The number of benzene rings is 1. The summed E-state index contributed by atoms with van der Waals surface area (Å²) in [7, 11) is 0. The van der Waals surface area contributed by atoms with Crippen molar-refractivity contribution in [2.45, 2.75) is 25.4 Å². The molecule has 17 heavy (non-hydrogen) atoms. The van der Waals surface area contributed by atoms with Gasteiger partial charge in [-0.15, -0.1) is 0 Å². The van der Waals surface area contributed by atoms with Gasteiger partial charge in [0.05, 0.1) is 6.04 Å². The summed E-state index contributed by atoms with van der Waals surface area (Å²) in [4.78, 5) is 0. The first-order valence-electron chi connectivity index (χ1n) is 5.72. The number of nitrogens with zero attached hydrogens (tertiary/aromatic N) is 2. The van der Waals surface area contributed by atoms with E-state index in [-0.39, 0.29) is 12.1 Å². The Hall–Kier alpha value is -1.32. The minimum Gasteiger partial charge on any atom is -0.326 e. The normalized spacial score (nSPS) is 14.5. The summed E-state index contributed by atoms with van der Waals surface area (Å²) < 4.78 is 1.89. The predicted molar refractivity (Wildman–Crippen MR) is 70.1 cm³/mol. The first-order valence-corrected chi connectivity index (χ1v) is 6.10. The van der Waals surface area contributed by atoms with Crippen molar-refractivity contribution in [2.24, 2.45) is 5.73 Å². The number of aromatic nitrogens is 2. The minimum absolute atomic E-state index is 0.0216. The van der Waals surface area contributed by atoms with Crippen LogP contribution in [0.4, 0.5) is 0 Å². The zero-order chi connectivity index (χ0) is 12.3. The van der Waals surface area contributed by atoms with Crippen LogP contribution in [0.25, 0.3) is 0 Å². The predicted octanol–water partition coefficient (Wildman–Crippen LogP) is 2.86. The van der Waals surface area contributed by atoms with Gasteiger partial charge in [-0.3, -0.25) is 4.68 Å². The number of rotatable bonds is 4. The average Bonchev–Trinajstić information content (AvgIpc) is 2.83. The molecule has 2 aromatic rings. The van der Waals surface area contributed by atoms with Crippen LogP contribution < -0.4 is 5.73 Å². The summed E-state index contributed by atoms with van der Waals surface area (Å²) in [6, 6.07) is 9.75. The van der Waals surface area contributed by atoms with Gasteiger partial charge in [-0.05, 0) is 30.2 Å². The molecule has 2 unspecified atom stereocenters. The molecule has 0 aliphatic heterocycles. The van der Waals surface area contributed by atoms with E-state index < -0.39 is 0 Å². The van der Waals surface area contributed by atoms with Crippen molar-refractivity contribution in [1.29, 1.82) is 0 Å². The fraction of sp³-hybridized carbons (Fsp3) is 0.308. The quantitative estimate of drug-likeness (QED) is 0.906. The van der Waals surface area contributed by atoms with Gasteiger partial charge in [-0.2, -0.15) is 5.10 Å². The van der Waals surface area contributed by atoms with E-state index in [1.165, 1.54) is 0 Å². The zero-order valence-electron chi connectivity index (χ0n) is 9.75. The van der Waals surface area contributed by atoms with Crippen LogP contribution in [0.15, 0.2) is 42.7 Å². The SMILES string of the molecule is CCC(N)C(c1cccc(Cl)c1)n1cccn1. The lowest BCUT2D eigenvalue weighted by Crippen LogP contribution is -2.32. The summed E-state index contributed by atoms with van der Waals surface area (Å²) in [6.45, 7) is 2.08. The lowest BCUT2D eigenvalue weighted by molar-refractivity contribution is 0.424. The van der Waals surface area contributed by atoms with Gasteiger partial charge >= 0.3 is 0 Å². The molecule has 2 N–H and O–H groups in total. The summed E-state index contributed by atoms with van der Waals surface area (Å²) in [5, 5.41) is 5.01. The molecule has 0 fully saturated rings. The number of hydrogen-bond acceptors (Lipinski definition) is 2. The minimum atomic E-state index is 0.0216. The maximum atomic E-state index is 6.19. The average molecular weight is 250 g/mol. The number of hydrogen-bond donors (Lipinski definition) is 1. The van der Waals surface area contributed by atoms with Crippen molar-refractivity contribution < 1.29 is 0 Å². The number of halogens is 1. The molecule has 0 saturated carbocycles. The van der Waals surface area contributed by atoms with Crippen molar-refractivity contribution in [3.8, 4) is 0 Å². The molecular formula is C13H16ClN3. The van der Waals surface area contributed by atoms with Crippen LogP contribution in [0.1, 0.15) is 24.9 Å². The number of nitrogens with two attached hydrogens (primary N) is 1. The van der Waals surface area contributed by atoms with Crippen molar-refractivity contribution in [2.75, 3.05) is 0 Å². The van der Waals surface area contributed by atoms with Crippen LogP contribution in [-0.2, 0) is 0 Å². The van der Waals surface area contributed by atoms with Crippen LogP contribution >= 0.6 is 11.6 Å². The maximum Gasteiger partial charge on any atom is 0.0919 e. The van der Waals surface area contributed by atoms with Gasteiger partial charge in [0.2, 0.25) is 0 Å². The van der Waals surface area contributed by atoms with Crippen LogP contribution in [0.3, 0.4) is 0 Å². The molecule has 1 aromatic carbocycles. The Kier molecular flexibility index (Phi) is 3.82. The Labute approximate surface area is 106 Å². The molecule has 2 atom stereocenters. The molecule has 0 bridgehead atoms. The summed E-state index contributed by atoms with van der Waals surface area (Å²) in [6.07, 6.45) is 4.58. The van der Waals surface area contributed by atoms with Gasteiger partial charge < -0.3 is 5.73 Å². The summed E-state index contributed by atoms with van der Waals surface area (Å²) in [5.74, 6) is 0. The summed E-state index contributed by atoms with van der Waals surface area (Å²) in [5.41, 5.74) is 7.28. The van der Waals surface area contributed by atoms with E-state index in [2.05, 4.69) is 12.0 Å². The maximum absolute atomic E-state index is 6.19. The van der Waals surface area contributed by atoms with E-state index in [0.717, 1.165) is 17.0 Å². The second-order valence-electron chi connectivity index (χ2n) is 4.06. The van der Waals surface area contributed by atoms with Gasteiger partial charge in [0.15, 0.2) is 0 Å². The highest BCUT2D eigenvalue weighted by Gasteiger charge is 2.20. The largest absolute Gasteiger partial charge is 0.326 e. The Balaban J connectivity index is 2.40. The lowest BCUT2D eigenvalue weighted by Gasteiger charge is -2.24. The molecule has 3 nitrogen and oxygen atoms in total. The highest BCUT2D eigenvalue weighted by Crippen LogP contribution is 2.24. The highest BCUT2D eigenvalue weighted by molar-refractivity contribution is 6.30. The molecule has 4 heteroatoms. The standard InChI is InChI=1S/C13H16ClN3/c1-2-12(15)13(17-8-4-7-16-17)10-5-3-6-11(14)9-10/h3-9,12-13H,2,15H2,1H3. The lowest BCUT2D eigenvalue weighted by atomic mass is 9.98. The molecule has 90 valence electrons. The van der Waals surface area contributed by atoms with Crippen molar-refractivity contribution in [3.63, 3.8) is 0 Å². The molecule has 1 heterocycles. The first-order chi connectivity index (χ1) is 8.22. The molecule has 1 aromatic heterocycles. The van der Waals surface area contributed by atoms with Crippen LogP contribution in [0, 0.1) is 0 Å². The third-order valence-electron chi connectivity index (χ3n) is 2.88. The molecule has 0 radical (unpaired) electrons. The van der Waals surface area contributed by atoms with E-state index in [0.29, 0.717) is 0 Å². The Bertz CT molecular complexity index is 467. The highest BCUT2D eigenvalue weighted by atomic mass is 35.5. The molecule has 2 rings (SSSR count). The van der Waals surface area contributed by atoms with Gasteiger partial charge in [0.25, 0.3) is 0 Å². The smallest absolute Gasteiger partial charge is 0.0919 e. The fourth-order valence-electron chi connectivity index (χ4n) is 1.96. The molecule has 0 aliphatic carbocycles. The molecule has 0 saturated heterocycles. The Morgan fingerprint density at radius 1 is 1.41 bits per heavy atom.